The number of nitrogens with one attached hydrogen (secondary N) is 2. The molecule has 0 spiro atoms. The number of hydrogen-bond acceptors (Lipinski definition) is 2. The summed E-state index contributed by atoms with van der Waals surface area (Å²) < 4.78 is 0. The van der Waals surface area contributed by atoms with Gasteiger partial charge >= 0.3 is 0 Å². The summed E-state index contributed by atoms with van der Waals surface area (Å²) in [6.45, 7) is 0. The monoisotopic (exact) mass is 185 g/mol. The Balaban J connectivity index is 2.44. The van der Waals surface area contributed by atoms with Gasteiger partial charge in [-0.3, -0.25) is 15.0 Å². The molecule has 0 atom stereocenters. The van der Waals surface area contributed by atoms with Gasteiger partial charge in [-0.15, -0.1) is 0 Å². The average molecular weight is 185 g/mol. The molecule has 1 aromatic heterocycles. The van der Waals surface area contributed by atoms with Gasteiger partial charge in [0.2, 0.25) is 0 Å². The fourth-order valence-electron chi connectivity index (χ4n) is 1.21. The quantitative estimate of drug-likeness (QED) is 0.701. The molecule has 1 aromatic carbocycles. The zero-order chi connectivity index (χ0) is 9.97. The highest BCUT2D eigenvalue weighted by Gasteiger charge is 1.99. The van der Waals surface area contributed by atoms with Crippen molar-refractivity contribution < 1.29 is 0 Å². The van der Waals surface area contributed by atoms with Crippen molar-refractivity contribution in [3.05, 3.63) is 46.2 Å². The van der Waals surface area contributed by atoms with E-state index in [1.165, 1.54) is 6.07 Å². The molecule has 0 radical (unpaired) electrons. The number of nitrogens with zero attached hydrogens (tertiary/aromatic N) is 1. The molecule has 0 aliphatic rings. The zero-order valence-corrected chi connectivity index (χ0v) is 7.24. The first-order valence-electron chi connectivity index (χ1n) is 4.08. The minimum atomic E-state index is -0.163. The molecule has 2 aromatic rings. The number of benzene rings is 1. The minimum Gasteiger partial charge on any atom is -0.298 e. The standard InChI is InChI=1S/C10H7N3O/c11-6-7-1-3-8(4-2-7)9-5-10(14)13-12-9/h1-5H,(H2,12,13,14). The molecule has 4 nitrogen and oxygen atoms in total. The Labute approximate surface area is 79.8 Å². The fraction of sp³-hybridized carbons (Fsp3) is 0. The molecular weight excluding hydrogens is 178 g/mol. The van der Waals surface area contributed by atoms with Crippen LogP contribution in [0.25, 0.3) is 11.3 Å². The smallest absolute Gasteiger partial charge is 0.264 e. The van der Waals surface area contributed by atoms with Crippen LogP contribution in [0.5, 0.6) is 0 Å². The van der Waals surface area contributed by atoms with Crippen molar-refractivity contribution in [2.45, 2.75) is 0 Å². The van der Waals surface area contributed by atoms with Crippen molar-refractivity contribution in [3.63, 3.8) is 0 Å². The van der Waals surface area contributed by atoms with Crippen molar-refractivity contribution in [2.75, 3.05) is 0 Å². The molecule has 0 saturated carbocycles. The van der Waals surface area contributed by atoms with E-state index in [4.69, 9.17) is 5.26 Å². The maximum absolute atomic E-state index is 10.8. The zero-order valence-electron chi connectivity index (χ0n) is 7.24. The fourth-order valence-corrected chi connectivity index (χ4v) is 1.21. The third kappa shape index (κ3) is 1.43. The maximum Gasteiger partial charge on any atom is 0.264 e. The summed E-state index contributed by atoms with van der Waals surface area (Å²) in [5.41, 5.74) is 2.04. The summed E-state index contributed by atoms with van der Waals surface area (Å²) in [5.74, 6) is 0. The molecule has 0 saturated heterocycles. The van der Waals surface area contributed by atoms with Gasteiger partial charge in [-0.1, -0.05) is 12.1 Å². The van der Waals surface area contributed by atoms with Crippen molar-refractivity contribution in [2.24, 2.45) is 0 Å². The van der Waals surface area contributed by atoms with Crippen LogP contribution in [0.1, 0.15) is 5.56 Å². The van der Waals surface area contributed by atoms with E-state index in [-0.39, 0.29) is 5.56 Å². The van der Waals surface area contributed by atoms with E-state index in [1.54, 1.807) is 24.3 Å². The van der Waals surface area contributed by atoms with Crippen molar-refractivity contribution >= 4 is 0 Å². The second kappa shape index (κ2) is 3.23. The van der Waals surface area contributed by atoms with Crippen LogP contribution < -0.4 is 5.56 Å². The lowest BCUT2D eigenvalue weighted by atomic mass is 10.1. The molecule has 0 fully saturated rings. The molecule has 0 unspecified atom stereocenters. The van der Waals surface area contributed by atoms with E-state index in [2.05, 4.69) is 10.2 Å². The van der Waals surface area contributed by atoms with E-state index in [1.807, 2.05) is 6.07 Å². The third-order valence-corrected chi connectivity index (χ3v) is 1.92. The lowest BCUT2D eigenvalue weighted by Gasteiger charge is -1.95. The molecule has 2 rings (SSSR count). The van der Waals surface area contributed by atoms with E-state index in [0.717, 1.165) is 11.3 Å². The molecule has 1 heterocycles. The Morgan fingerprint density at radius 2 is 1.86 bits per heavy atom. The van der Waals surface area contributed by atoms with E-state index in [0.29, 0.717) is 5.56 Å². The number of aromatic nitrogens is 2. The largest absolute Gasteiger partial charge is 0.298 e. The van der Waals surface area contributed by atoms with Crippen LogP contribution >= 0.6 is 0 Å². The first-order chi connectivity index (χ1) is 6.79. The van der Waals surface area contributed by atoms with Crippen LogP contribution in [-0.2, 0) is 0 Å². The summed E-state index contributed by atoms with van der Waals surface area (Å²) in [4.78, 5) is 10.8. The molecule has 2 N–H and O–H groups in total. The predicted molar refractivity (Wildman–Crippen MR) is 51.6 cm³/mol. The van der Waals surface area contributed by atoms with Crippen molar-refractivity contribution in [1.29, 1.82) is 5.26 Å². The second-order valence-corrected chi connectivity index (χ2v) is 2.86. The van der Waals surface area contributed by atoms with E-state index < -0.39 is 0 Å². The highest BCUT2D eigenvalue weighted by molar-refractivity contribution is 5.59. The highest BCUT2D eigenvalue weighted by Crippen LogP contribution is 2.14. The summed E-state index contributed by atoms with van der Waals surface area (Å²) >= 11 is 0. The Morgan fingerprint density at radius 3 is 2.36 bits per heavy atom. The van der Waals surface area contributed by atoms with Crippen LogP contribution in [0.3, 0.4) is 0 Å². The van der Waals surface area contributed by atoms with Crippen LogP contribution in [0.15, 0.2) is 35.1 Å². The first kappa shape index (κ1) is 8.32. The Kier molecular flexibility index (Phi) is 1.92. The molecule has 0 amide bonds. The molecule has 4 heteroatoms. The summed E-state index contributed by atoms with van der Waals surface area (Å²) in [7, 11) is 0. The molecule has 14 heavy (non-hydrogen) atoms. The van der Waals surface area contributed by atoms with Gasteiger partial charge in [0.1, 0.15) is 0 Å². The summed E-state index contributed by atoms with van der Waals surface area (Å²) in [5, 5.41) is 13.8. The van der Waals surface area contributed by atoms with Gasteiger partial charge in [-0.05, 0) is 17.7 Å². The predicted octanol–water partition coefficient (Wildman–Crippen LogP) is 1.24. The lowest BCUT2D eigenvalue weighted by molar-refractivity contribution is 1.06. The first-order valence-corrected chi connectivity index (χ1v) is 4.08. The van der Waals surface area contributed by atoms with Crippen molar-refractivity contribution in [3.8, 4) is 17.3 Å². The summed E-state index contributed by atoms with van der Waals surface area (Å²) in [6.07, 6.45) is 0. The highest BCUT2D eigenvalue weighted by atomic mass is 16.1. The lowest BCUT2D eigenvalue weighted by Crippen LogP contribution is -1.93. The second-order valence-electron chi connectivity index (χ2n) is 2.86. The van der Waals surface area contributed by atoms with E-state index in [9.17, 15) is 4.79 Å². The minimum absolute atomic E-state index is 0.163. The van der Waals surface area contributed by atoms with Crippen LogP contribution in [0, 0.1) is 11.3 Å². The Hall–Kier alpha value is -2.28. The van der Waals surface area contributed by atoms with Gasteiger partial charge in [0, 0.05) is 6.07 Å². The van der Waals surface area contributed by atoms with Crippen LogP contribution in [0.2, 0.25) is 0 Å². The SMILES string of the molecule is N#Cc1ccc(-c2cc(=O)[nH][nH]2)cc1. The third-order valence-electron chi connectivity index (χ3n) is 1.92. The van der Waals surface area contributed by atoms with Crippen LogP contribution in [0.4, 0.5) is 0 Å². The Morgan fingerprint density at radius 1 is 1.14 bits per heavy atom. The van der Waals surface area contributed by atoms with Crippen LogP contribution in [-0.4, -0.2) is 10.2 Å². The van der Waals surface area contributed by atoms with Gasteiger partial charge < -0.3 is 0 Å². The molecule has 0 aliphatic heterocycles. The number of rotatable bonds is 1. The van der Waals surface area contributed by atoms with Gasteiger partial charge in [0.05, 0.1) is 17.3 Å². The number of nitriles is 1. The van der Waals surface area contributed by atoms with Gasteiger partial charge in [-0.2, -0.15) is 5.26 Å². The number of hydrogen-bond donors (Lipinski definition) is 2. The van der Waals surface area contributed by atoms with Gasteiger partial charge in [0.25, 0.3) is 5.56 Å². The normalized spacial score (nSPS) is 9.64. The molecule has 68 valence electrons. The Bertz CT molecular complexity index is 527. The molecule has 0 aliphatic carbocycles. The average Bonchev–Trinajstić information content (AvgIpc) is 2.65. The number of H-pyrrole nitrogens is 2. The van der Waals surface area contributed by atoms with E-state index >= 15 is 0 Å². The topological polar surface area (TPSA) is 72.4 Å². The maximum atomic E-state index is 10.8. The molecule has 0 bridgehead atoms. The molecular formula is C10H7N3O. The van der Waals surface area contributed by atoms with Gasteiger partial charge in [0.15, 0.2) is 0 Å². The van der Waals surface area contributed by atoms with Gasteiger partial charge in [-0.25, -0.2) is 0 Å². The number of aromatic amines is 2. The summed E-state index contributed by atoms with van der Waals surface area (Å²) in [6, 6.07) is 10.5. The van der Waals surface area contributed by atoms with Crippen molar-refractivity contribution in [1.82, 2.24) is 10.2 Å².